The van der Waals surface area contributed by atoms with E-state index in [4.69, 9.17) is 5.26 Å². The second kappa shape index (κ2) is 5.32. The van der Waals surface area contributed by atoms with Crippen LogP contribution in [0.5, 0.6) is 0 Å². The fraction of sp³-hybridized carbons (Fsp3) is 0.167. The molecule has 0 unspecified atom stereocenters. The lowest BCUT2D eigenvalue weighted by molar-refractivity contribution is 0.281. The Hall–Kier alpha value is -2.37. The molecule has 2 heteroatoms. The standard InChI is InChI=1S/C18H15NO/c19-10-9-18-16-4-2-1-3-14(16)6-7-15-11-13(12-20)5-8-17(15)18/h1-5,8-9,11,20H,6-7,12H2. The minimum absolute atomic E-state index is 0.0531. The van der Waals surface area contributed by atoms with Crippen LogP contribution in [0.2, 0.25) is 0 Å². The summed E-state index contributed by atoms with van der Waals surface area (Å²) in [6, 6.07) is 16.4. The molecule has 0 spiro atoms. The summed E-state index contributed by atoms with van der Waals surface area (Å²) in [7, 11) is 0. The van der Waals surface area contributed by atoms with Crippen molar-refractivity contribution in [3.63, 3.8) is 0 Å². The smallest absolute Gasteiger partial charge is 0.0918 e. The molecule has 0 aromatic heterocycles. The van der Waals surface area contributed by atoms with Gasteiger partial charge in [0.25, 0.3) is 0 Å². The molecule has 20 heavy (non-hydrogen) atoms. The van der Waals surface area contributed by atoms with Crippen molar-refractivity contribution in [2.24, 2.45) is 0 Å². The highest BCUT2D eigenvalue weighted by Gasteiger charge is 2.17. The number of aliphatic hydroxyl groups excluding tert-OH is 1. The lowest BCUT2D eigenvalue weighted by Gasteiger charge is -2.11. The van der Waals surface area contributed by atoms with E-state index >= 15 is 0 Å². The Bertz CT molecular complexity index is 722. The molecule has 0 fully saturated rings. The number of allylic oxidation sites excluding steroid dienone is 1. The highest BCUT2D eigenvalue weighted by molar-refractivity contribution is 5.85. The van der Waals surface area contributed by atoms with E-state index < -0.39 is 0 Å². The van der Waals surface area contributed by atoms with Crippen LogP contribution in [0.1, 0.15) is 27.8 Å². The van der Waals surface area contributed by atoms with Crippen molar-refractivity contribution in [3.05, 3.63) is 76.4 Å². The number of nitriles is 1. The van der Waals surface area contributed by atoms with Gasteiger partial charge in [0.2, 0.25) is 0 Å². The molecule has 3 rings (SSSR count). The first-order valence-corrected chi connectivity index (χ1v) is 6.74. The van der Waals surface area contributed by atoms with E-state index in [9.17, 15) is 5.11 Å². The third-order valence-electron chi connectivity index (χ3n) is 3.82. The zero-order chi connectivity index (χ0) is 13.9. The van der Waals surface area contributed by atoms with Crippen molar-refractivity contribution in [3.8, 4) is 6.07 Å². The van der Waals surface area contributed by atoms with Crippen molar-refractivity contribution in [2.75, 3.05) is 0 Å². The second-order valence-electron chi connectivity index (χ2n) is 4.99. The van der Waals surface area contributed by atoms with Crippen LogP contribution in [0.4, 0.5) is 0 Å². The fourth-order valence-corrected chi connectivity index (χ4v) is 2.85. The summed E-state index contributed by atoms with van der Waals surface area (Å²) in [5, 5.41) is 18.4. The molecule has 1 aliphatic carbocycles. The van der Waals surface area contributed by atoms with Gasteiger partial charge in [-0.1, -0.05) is 42.5 Å². The molecule has 0 saturated carbocycles. The predicted octanol–water partition coefficient (Wildman–Crippen LogP) is 3.23. The van der Waals surface area contributed by atoms with Crippen LogP contribution in [-0.2, 0) is 19.4 Å². The summed E-state index contributed by atoms with van der Waals surface area (Å²) in [4.78, 5) is 0. The molecular formula is C18H15NO. The average molecular weight is 261 g/mol. The van der Waals surface area contributed by atoms with Gasteiger partial charge in [0.15, 0.2) is 0 Å². The first kappa shape index (κ1) is 12.7. The van der Waals surface area contributed by atoms with Crippen molar-refractivity contribution in [2.45, 2.75) is 19.4 Å². The Morgan fingerprint density at radius 1 is 1.05 bits per heavy atom. The van der Waals surface area contributed by atoms with Gasteiger partial charge in [0.1, 0.15) is 0 Å². The maximum atomic E-state index is 9.29. The van der Waals surface area contributed by atoms with Crippen LogP contribution in [0.25, 0.3) is 5.57 Å². The minimum Gasteiger partial charge on any atom is -0.392 e. The minimum atomic E-state index is 0.0531. The largest absolute Gasteiger partial charge is 0.392 e. The van der Waals surface area contributed by atoms with Crippen LogP contribution >= 0.6 is 0 Å². The van der Waals surface area contributed by atoms with E-state index in [-0.39, 0.29) is 6.61 Å². The van der Waals surface area contributed by atoms with Gasteiger partial charge in [-0.2, -0.15) is 5.26 Å². The van der Waals surface area contributed by atoms with E-state index in [0.717, 1.165) is 35.1 Å². The van der Waals surface area contributed by atoms with E-state index in [0.29, 0.717) is 0 Å². The first-order valence-electron chi connectivity index (χ1n) is 6.74. The second-order valence-corrected chi connectivity index (χ2v) is 4.99. The zero-order valence-corrected chi connectivity index (χ0v) is 11.1. The van der Waals surface area contributed by atoms with Gasteiger partial charge >= 0.3 is 0 Å². The quantitative estimate of drug-likeness (QED) is 0.801. The van der Waals surface area contributed by atoms with Crippen molar-refractivity contribution in [1.82, 2.24) is 0 Å². The van der Waals surface area contributed by atoms with Gasteiger partial charge in [0.05, 0.1) is 12.7 Å². The maximum absolute atomic E-state index is 9.29. The molecule has 2 aromatic rings. The number of benzene rings is 2. The highest BCUT2D eigenvalue weighted by Crippen LogP contribution is 2.33. The number of nitrogens with zero attached hydrogens (tertiary/aromatic N) is 1. The van der Waals surface area contributed by atoms with E-state index in [2.05, 4.69) is 18.2 Å². The predicted molar refractivity (Wildman–Crippen MR) is 78.9 cm³/mol. The molecule has 0 atom stereocenters. The van der Waals surface area contributed by atoms with Crippen molar-refractivity contribution >= 4 is 5.57 Å². The Kier molecular flexibility index (Phi) is 3.37. The van der Waals surface area contributed by atoms with Crippen molar-refractivity contribution < 1.29 is 5.11 Å². The average Bonchev–Trinajstić information content (AvgIpc) is 2.65. The normalized spacial score (nSPS) is 15.1. The summed E-state index contributed by atoms with van der Waals surface area (Å²) in [6.45, 7) is 0.0531. The molecule has 0 heterocycles. The third kappa shape index (κ3) is 2.13. The monoisotopic (exact) mass is 261 g/mol. The molecule has 2 aromatic carbocycles. The molecule has 98 valence electrons. The highest BCUT2D eigenvalue weighted by atomic mass is 16.3. The Balaban J connectivity index is 2.23. The maximum Gasteiger partial charge on any atom is 0.0918 e. The summed E-state index contributed by atoms with van der Waals surface area (Å²) >= 11 is 0. The van der Waals surface area contributed by atoms with Crippen LogP contribution in [0, 0.1) is 11.3 Å². The zero-order valence-electron chi connectivity index (χ0n) is 11.1. The third-order valence-corrected chi connectivity index (χ3v) is 3.82. The van der Waals surface area contributed by atoms with Gasteiger partial charge in [-0.3, -0.25) is 0 Å². The Morgan fingerprint density at radius 3 is 2.60 bits per heavy atom. The summed E-state index contributed by atoms with van der Waals surface area (Å²) in [5.41, 5.74) is 6.63. The fourth-order valence-electron chi connectivity index (χ4n) is 2.85. The van der Waals surface area contributed by atoms with Gasteiger partial charge in [0, 0.05) is 6.08 Å². The van der Waals surface area contributed by atoms with Crippen LogP contribution in [0.3, 0.4) is 0 Å². The van der Waals surface area contributed by atoms with E-state index in [1.807, 2.05) is 30.3 Å². The molecule has 2 nitrogen and oxygen atoms in total. The van der Waals surface area contributed by atoms with Crippen LogP contribution in [0.15, 0.2) is 48.5 Å². The lowest BCUT2D eigenvalue weighted by atomic mass is 9.93. The van der Waals surface area contributed by atoms with E-state index in [1.54, 1.807) is 6.08 Å². The number of aryl methyl sites for hydroxylation is 2. The summed E-state index contributed by atoms with van der Waals surface area (Å²) in [6.07, 6.45) is 3.52. The Morgan fingerprint density at radius 2 is 1.80 bits per heavy atom. The topological polar surface area (TPSA) is 44.0 Å². The number of fused-ring (bicyclic) bond motifs is 2. The van der Waals surface area contributed by atoms with Crippen LogP contribution < -0.4 is 0 Å². The van der Waals surface area contributed by atoms with Gasteiger partial charge < -0.3 is 5.11 Å². The molecule has 0 saturated heterocycles. The number of rotatable bonds is 1. The molecule has 1 N–H and O–H groups in total. The van der Waals surface area contributed by atoms with Gasteiger partial charge in [-0.05, 0) is 46.2 Å². The molecule has 1 aliphatic rings. The lowest BCUT2D eigenvalue weighted by Crippen LogP contribution is -1.95. The number of aliphatic hydroxyl groups is 1. The SMILES string of the molecule is N#CC=C1c2ccccc2CCc2cc(CO)ccc21. The molecular weight excluding hydrogens is 246 g/mol. The van der Waals surface area contributed by atoms with Gasteiger partial charge in [-0.15, -0.1) is 0 Å². The molecule has 0 amide bonds. The van der Waals surface area contributed by atoms with Crippen LogP contribution in [-0.4, -0.2) is 5.11 Å². The first-order chi connectivity index (χ1) is 9.83. The van der Waals surface area contributed by atoms with Crippen molar-refractivity contribution in [1.29, 1.82) is 5.26 Å². The molecule has 0 aliphatic heterocycles. The molecule has 0 bridgehead atoms. The number of hydrogen-bond donors (Lipinski definition) is 1. The Labute approximate surface area is 118 Å². The summed E-state index contributed by atoms with van der Waals surface area (Å²) < 4.78 is 0. The van der Waals surface area contributed by atoms with E-state index in [1.165, 1.54) is 11.1 Å². The van der Waals surface area contributed by atoms with Gasteiger partial charge in [-0.25, -0.2) is 0 Å². The summed E-state index contributed by atoms with van der Waals surface area (Å²) in [5.74, 6) is 0. The number of hydrogen-bond acceptors (Lipinski definition) is 2. The molecule has 0 radical (unpaired) electrons.